The van der Waals surface area contributed by atoms with Crippen LogP contribution < -0.4 is 9.64 Å². The number of rotatable bonds is 6. The predicted molar refractivity (Wildman–Crippen MR) is 148 cm³/mol. The van der Waals surface area contributed by atoms with Crippen molar-refractivity contribution in [2.45, 2.75) is 52.2 Å². The average molecular weight is 529 g/mol. The molecule has 39 heavy (non-hydrogen) atoms. The third-order valence-electron chi connectivity index (χ3n) is 6.47. The summed E-state index contributed by atoms with van der Waals surface area (Å²) in [6, 6.07) is 14.1. The zero-order valence-corrected chi connectivity index (χ0v) is 22.9. The van der Waals surface area contributed by atoms with Crippen molar-refractivity contribution in [3.8, 4) is 5.75 Å². The second-order valence-corrected chi connectivity index (χ2v) is 10.6. The molecule has 1 unspecified atom stereocenters. The van der Waals surface area contributed by atoms with Crippen molar-refractivity contribution in [1.29, 1.82) is 0 Å². The highest BCUT2D eigenvalue weighted by atomic mass is 16.5. The molecule has 4 rings (SSSR count). The lowest BCUT2D eigenvalue weighted by Crippen LogP contribution is -2.29. The molecule has 8 heteroatoms. The van der Waals surface area contributed by atoms with Crippen molar-refractivity contribution in [1.82, 2.24) is 4.98 Å². The smallest absolute Gasteiger partial charge is 0.338 e. The number of amides is 1. The summed E-state index contributed by atoms with van der Waals surface area (Å²) in [7, 11) is 1.47. The van der Waals surface area contributed by atoms with E-state index in [0.717, 1.165) is 5.56 Å². The van der Waals surface area contributed by atoms with E-state index in [4.69, 9.17) is 9.47 Å². The summed E-state index contributed by atoms with van der Waals surface area (Å²) in [5, 5.41) is 11.7. The van der Waals surface area contributed by atoms with Gasteiger partial charge in [0.1, 0.15) is 11.5 Å². The first kappa shape index (κ1) is 27.6. The Labute approximate surface area is 227 Å². The number of carbonyl (C=O) groups is 3. The number of hydrogen-bond acceptors (Lipinski definition) is 7. The van der Waals surface area contributed by atoms with Gasteiger partial charge < -0.3 is 14.6 Å². The number of aliphatic hydroxyl groups excluding tert-OH is 1. The second-order valence-electron chi connectivity index (χ2n) is 10.6. The largest absolute Gasteiger partial charge is 0.507 e. The molecule has 0 saturated carbocycles. The summed E-state index contributed by atoms with van der Waals surface area (Å²) >= 11 is 0. The van der Waals surface area contributed by atoms with Gasteiger partial charge in [0, 0.05) is 18.1 Å². The van der Waals surface area contributed by atoms with E-state index in [0.29, 0.717) is 22.6 Å². The number of hydrogen-bond donors (Lipinski definition) is 1. The number of aromatic nitrogens is 1. The lowest BCUT2D eigenvalue weighted by Gasteiger charge is -2.26. The fraction of sp³-hybridized carbons (Fsp3) is 0.290. The van der Waals surface area contributed by atoms with Gasteiger partial charge in [-0.1, -0.05) is 39.0 Å². The lowest BCUT2D eigenvalue weighted by atomic mass is 9.85. The van der Waals surface area contributed by atoms with E-state index in [9.17, 15) is 19.5 Å². The summed E-state index contributed by atoms with van der Waals surface area (Å²) in [6.07, 6.45) is 2.79. The Kier molecular flexibility index (Phi) is 7.58. The van der Waals surface area contributed by atoms with E-state index in [1.165, 1.54) is 24.3 Å². The molecule has 2 heterocycles. The number of Topliss-reactive ketones (excluding diaryl/α,β-unsaturated/α-hetero) is 1. The van der Waals surface area contributed by atoms with Crippen molar-refractivity contribution < 1.29 is 29.0 Å². The van der Waals surface area contributed by atoms with Crippen LogP contribution in [-0.2, 0) is 19.7 Å². The molecule has 0 aliphatic carbocycles. The van der Waals surface area contributed by atoms with Crippen LogP contribution in [-0.4, -0.2) is 41.0 Å². The first-order valence-electron chi connectivity index (χ1n) is 12.6. The Hall–Kier alpha value is -4.46. The maximum atomic E-state index is 13.6. The van der Waals surface area contributed by atoms with Crippen LogP contribution in [0, 0.1) is 0 Å². The van der Waals surface area contributed by atoms with E-state index in [1.54, 1.807) is 62.5 Å². The molecule has 1 N–H and O–H groups in total. The number of benzene rings is 2. The van der Waals surface area contributed by atoms with Gasteiger partial charge in [-0.05, 0) is 66.8 Å². The van der Waals surface area contributed by atoms with Crippen LogP contribution in [0.3, 0.4) is 0 Å². The van der Waals surface area contributed by atoms with Gasteiger partial charge in [-0.2, -0.15) is 0 Å². The minimum atomic E-state index is -1.00. The van der Waals surface area contributed by atoms with Crippen LogP contribution in [0.4, 0.5) is 5.69 Å². The average Bonchev–Trinajstić information content (AvgIpc) is 3.17. The number of ether oxygens (including phenoxy) is 2. The Morgan fingerprint density at radius 3 is 2.41 bits per heavy atom. The minimum absolute atomic E-state index is 0.104. The molecule has 1 saturated heterocycles. The van der Waals surface area contributed by atoms with Crippen molar-refractivity contribution in [3.05, 3.63) is 94.8 Å². The van der Waals surface area contributed by atoms with Crippen LogP contribution in [0.25, 0.3) is 5.76 Å². The summed E-state index contributed by atoms with van der Waals surface area (Å²) in [6.45, 7) is 9.58. The monoisotopic (exact) mass is 528 g/mol. The van der Waals surface area contributed by atoms with Crippen molar-refractivity contribution in [3.63, 3.8) is 0 Å². The van der Waals surface area contributed by atoms with E-state index >= 15 is 0 Å². The molecule has 1 amide bonds. The van der Waals surface area contributed by atoms with Gasteiger partial charge in [0.25, 0.3) is 11.7 Å². The fourth-order valence-electron chi connectivity index (χ4n) is 4.52. The lowest BCUT2D eigenvalue weighted by molar-refractivity contribution is -0.132. The zero-order chi connectivity index (χ0) is 28.5. The standard InChI is InChI=1S/C31H32N2O6/c1-18(2)39-30(37)19-9-7-11-22(15-19)33-26(20-10-8-14-32-17-20)25(28(35)29(33)36)27(34)23-16-21(31(3,4)5)12-13-24(23)38-6/h7-18,26,34H,1-6H3/b27-25+. The maximum Gasteiger partial charge on any atom is 0.338 e. The Morgan fingerprint density at radius 1 is 1.05 bits per heavy atom. The van der Waals surface area contributed by atoms with Crippen LogP contribution in [0.5, 0.6) is 5.75 Å². The normalized spacial score (nSPS) is 17.0. The van der Waals surface area contributed by atoms with Gasteiger partial charge in [0.15, 0.2) is 0 Å². The number of esters is 1. The summed E-state index contributed by atoms with van der Waals surface area (Å²) < 4.78 is 10.8. The molecule has 1 aliphatic heterocycles. The number of aliphatic hydroxyl groups is 1. The van der Waals surface area contributed by atoms with Gasteiger partial charge in [0.05, 0.1) is 36.0 Å². The molecule has 1 aromatic heterocycles. The molecule has 202 valence electrons. The van der Waals surface area contributed by atoms with Crippen LogP contribution in [0.2, 0.25) is 0 Å². The molecule has 8 nitrogen and oxygen atoms in total. The van der Waals surface area contributed by atoms with Gasteiger partial charge >= 0.3 is 5.97 Å². The Morgan fingerprint density at radius 2 is 1.79 bits per heavy atom. The highest BCUT2D eigenvalue weighted by Gasteiger charge is 2.47. The third-order valence-corrected chi connectivity index (χ3v) is 6.47. The Bertz CT molecular complexity index is 1450. The third kappa shape index (κ3) is 5.41. The number of carbonyl (C=O) groups excluding carboxylic acids is 3. The van der Waals surface area contributed by atoms with Gasteiger partial charge in [0.2, 0.25) is 0 Å². The first-order chi connectivity index (χ1) is 18.4. The predicted octanol–water partition coefficient (Wildman–Crippen LogP) is 5.58. The second kappa shape index (κ2) is 10.7. The van der Waals surface area contributed by atoms with E-state index in [1.807, 2.05) is 26.8 Å². The fourth-order valence-corrected chi connectivity index (χ4v) is 4.52. The molecule has 1 fully saturated rings. The molecular weight excluding hydrogens is 496 g/mol. The van der Waals surface area contributed by atoms with Gasteiger partial charge in [-0.15, -0.1) is 0 Å². The van der Waals surface area contributed by atoms with E-state index in [-0.39, 0.29) is 28.4 Å². The van der Waals surface area contributed by atoms with Crippen LogP contribution in [0.15, 0.2) is 72.6 Å². The number of anilines is 1. The minimum Gasteiger partial charge on any atom is -0.507 e. The molecule has 0 bridgehead atoms. The van der Waals surface area contributed by atoms with Crippen molar-refractivity contribution in [2.24, 2.45) is 0 Å². The quantitative estimate of drug-likeness (QED) is 0.193. The topological polar surface area (TPSA) is 106 Å². The van der Waals surface area contributed by atoms with Gasteiger partial charge in [-0.25, -0.2) is 4.79 Å². The highest BCUT2D eigenvalue weighted by Crippen LogP contribution is 2.43. The summed E-state index contributed by atoms with van der Waals surface area (Å²) in [5.41, 5.74) is 1.90. The number of nitrogens with zero attached hydrogens (tertiary/aromatic N) is 2. The molecule has 0 radical (unpaired) electrons. The SMILES string of the molecule is COc1ccc(C(C)(C)C)cc1/C(O)=C1\C(=O)C(=O)N(c2cccc(C(=O)OC(C)C)c2)C1c1cccnc1. The first-order valence-corrected chi connectivity index (χ1v) is 12.6. The highest BCUT2D eigenvalue weighted by molar-refractivity contribution is 6.51. The summed E-state index contributed by atoms with van der Waals surface area (Å²) in [5.74, 6) is -2.26. The van der Waals surface area contributed by atoms with Crippen molar-refractivity contribution in [2.75, 3.05) is 12.0 Å². The Balaban J connectivity index is 1.94. The number of methoxy groups -OCH3 is 1. The molecule has 0 spiro atoms. The number of ketones is 1. The molecule has 1 atom stereocenters. The molecule has 2 aromatic carbocycles. The maximum absolute atomic E-state index is 13.6. The zero-order valence-electron chi connectivity index (χ0n) is 22.9. The number of pyridine rings is 1. The van der Waals surface area contributed by atoms with Gasteiger partial charge in [-0.3, -0.25) is 19.5 Å². The van der Waals surface area contributed by atoms with E-state index in [2.05, 4.69) is 4.98 Å². The molecular formula is C31H32N2O6. The van der Waals surface area contributed by atoms with Crippen LogP contribution in [0.1, 0.15) is 67.7 Å². The van der Waals surface area contributed by atoms with E-state index < -0.39 is 23.7 Å². The molecule has 3 aromatic rings. The molecule has 1 aliphatic rings. The van der Waals surface area contributed by atoms with Crippen molar-refractivity contribution >= 4 is 29.1 Å². The summed E-state index contributed by atoms with van der Waals surface area (Å²) in [4.78, 5) is 45.2. The van der Waals surface area contributed by atoms with Crippen LogP contribution >= 0.6 is 0 Å².